The number of H-pyrrole nitrogens is 1. The van der Waals surface area contributed by atoms with Crippen molar-refractivity contribution in [2.24, 2.45) is 11.1 Å². The van der Waals surface area contributed by atoms with Crippen molar-refractivity contribution < 1.29 is 43.3 Å². The molecule has 0 aliphatic carbocycles. The minimum Gasteiger partial charge on any atom is -0.481 e. The topological polar surface area (TPSA) is 244 Å². The van der Waals surface area contributed by atoms with Gasteiger partial charge in [-0.15, -0.1) is 0 Å². The van der Waals surface area contributed by atoms with E-state index in [2.05, 4.69) is 37.8 Å². The minimum atomic E-state index is -1.01. The molecule has 402 valence electrons. The van der Waals surface area contributed by atoms with E-state index >= 15 is 0 Å². The molecule has 0 aliphatic heterocycles. The number of hydrogen-bond acceptors (Lipinski definition) is 13. The number of rotatable bonds is 51. The molecule has 0 aromatic carbocycles. The molecular formula is C54H97N7O9. The Morgan fingerprint density at radius 2 is 1.29 bits per heavy atom. The van der Waals surface area contributed by atoms with Crippen LogP contribution < -0.4 is 27.0 Å². The number of ether oxygens (including phenoxy) is 2. The number of unbranched alkanes of at least 4 members (excludes halogenated alkanes) is 15. The van der Waals surface area contributed by atoms with Crippen molar-refractivity contribution in [1.82, 2.24) is 31.2 Å². The van der Waals surface area contributed by atoms with Gasteiger partial charge in [0.05, 0.1) is 50.8 Å². The number of carbonyl (C=O) groups is 6. The number of imidazole rings is 1. The average molecular weight is 988 g/mol. The van der Waals surface area contributed by atoms with Crippen LogP contribution in [0.15, 0.2) is 24.8 Å². The SMILES string of the molecule is C=C(COCCOCCCC(=O)[C@H](CCCCN)NCC(=O)C(C)(C)NCC(=O)C(C)(C)CCC(=O)CCc1cnc[nH]1)NCCCCNC(=O)CCCCCCCCCCCCCCCCC(=O)O. The number of aliphatic carboxylic acids is 1. The molecule has 0 bridgehead atoms. The minimum absolute atomic E-state index is 0.0132. The van der Waals surface area contributed by atoms with Crippen LogP contribution in [0.5, 0.6) is 0 Å². The van der Waals surface area contributed by atoms with Crippen LogP contribution in [0.1, 0.15) is 200 Å². The molecule has 70 heavy (non-hydrogen) atoms. The standard InChI is InChI=1S/C54H97N7O9/c1-44(57-34-22-23-35-58-51(66)27-18-16-14-12-10-8-6-7-9-11-13-15-17-19-28-52(67)68)42-70-38-37-69-36-24-26-48(63)47(25-20-21-33-55)59-40-50(65)54(4,5)61-41-49(64)53(2,3)32-31-46(62)30-29-45-39-56-43-60-45/h39,43,47,57,59,61H,1,6-38,40-42,55H2,2-5H3,(H,56,60)(H,58,66)(H,67,68)/t47-/m0/s1. The maximum atomic E-state index is 13.3. The number of carboxylic acid groups (broad SMARTS) is 1. The lowest BCUT2D eigenvalue weighted by Gasteiger charge is -2.29. The van der Waals surface area contributed by atoms with E-state index in [-0.39, 0.29) is 42.1 Å². The average Bonchev–Trinajstić information content (AvgIpc) is 3.86. The molecule has 1 rings (SSSR count). The van der Waals surface area contributed by atoms with E-state index in [1.54, 1.807) is 26.4 Å². The quantitative estimate of drug-likeness (QED) is 0.0306. The summed E-state index contributed by atoms with van der Waals surface area (Å²) in [5, 5.41) is 21.3. The van der Waals surface area contributed by atoms with Gasteiger partial charge in [0, 0.05) is 74.8 Å². The van der Waals surface area contributed by atoms with E-state index in [1.165, 1.54) is 57.8 Å². The number of carbonyl (C=O) groups excluding carboxylic acids is 5. The summed E-state index contributed by atoms with van der Waals surface area (Å²) >= 11 is 0. The van der Waals surface area contributed by atoms with Crippen molar-refractivity contribution in [3.8, 4) is 0 Å². The number of nitrogens with one attached hydrogen (secondary N) is 5. The first-order valence-corrected chi connectivity index (χ1v) is 26.9. The van der Waals surface area contributed by atoms with Crippen LogP contribution in [-0.2, 0) is 44.7 Å². The van der Waals surface area contributed by atoms with E-state index in [9.17, 15) is 28.8 Å². The molecule has 1 aromatic rings. The predicted octanol–water partition coefficient (Wildman–Crippen LogP) is 8.02. The Bertz CT molecular complexity index is 1580. The third-order valence-corrected chi connectivity index (χ3v) is 12.9. The molecule has 1 amide bonds. The number of nitrogens with zero attached hydrogens (tertiary/aromatic N) is 1. The Hall–Kier alpha value is -3.83. The van der Waals surface area contributed by atoms with Crippen LogP contribution >= 0.6 is 0 Å². The lowest BCUT2D eigenvalue weighted by atomic mass is 9.82. The summed E-state index contributed by atoms with van der Waals surface area (Å²) < 4.78 is 11.4. The highest BCUT2D eigenvalue weighted by atomic mass is 16.5. The number of aromatic amines is 1. The molecule has 16 nitrogen and oxygen atoms in total. The smallest absolute Gasteiger partial charge is 0.303 e. The molecule has 0 saturated carbocycles. The van der Waals surface area contributed by atoms with Crippen molar-refractivity contribution in [3.63, 3.8) is 0 Å². The summed E-state index contributed by atoms with van der Waals surface area (Å²) in [5.74, 6) is -0.689. The van der Waals surface area contributed by atoms with Gasteiger partial charge in [-0.2, -0.15) is 0 Å². The fourth-order valence-corrected chi connectivity index (χ4v) is 7.86. The van der Waals surface area contributed by atoms with Gasteiger partial charge in [0.25, 0.3) is 0 Å². The van der Waals surface area contributed by atoms with E-state index < -0.39 is 23.0 Å². The molecule has 8 N–H and O–H groups in total. The molecule has 0 saturated heterocycles. The normalized spacial score (nSPS) is 12.2. The number of carboxylic acids is 1. The lowest BCUT2D eigenvalue weighted by Crippen LogP contribution is -2.54. The monoisotopic (exact) mass is 988 g/mol. The molecule has 16 heteroatoms. The van der Waals surface area contributed by atoms with Gasteiger partial charge in [0.2, 0.25) is 5.91 Å². The largest absolute Gasteiger partial charge is 0.481 e. The van der Waals surface area contributed by atoms with Crippen LogP contribution in [0, 0.1) is 5.41 Å². The van der Waals surface area contributed by atoms with Crippen molar-refractivity contribution in [2.75, 3.05) is 59.2 Å². The molecule has 1 heterocycles. The lowest BCUT2D eigenvalue weighted by molar-refractivity contribution is -0.137. The number of hydrogen-bond donors (Lipinski definition) is 7. The van der Waals surface area contributed by atoms with Crippen molar-refractivity contribution in [2.45, 2.75) is 213 Å². The molecule has 0 fully saturated rings. The number of amides is 1. The van der Waals surface area contributed by atoms with Crippen molar-refractivity contribution in [3.05, 3.63) is 30.5 Å². The zero-order valence-corrected chi connectivity index (χ0v) is 44.1. The zero-order valence-electron chi connectivity index (χ0n) is 44.1. The van der Waals surface area contributed by atoms with Gasteiger partial charge in [0.1, 0.15) is 11.6 Å². The molecule has 0 radical (unpaired) electrons. The Balaban J connectivity index is 2.10. The summed E-state index contributed by atoms with van der Waals surface area (Å²) in [6, 6.07) is -0.492. The van der Waals surface area contributed by atoms with E-state index in [1.807, 2.05) is 13.8 Å². The second-order valence-corrected chi connectivity index (χ2v) is 20.2. The fraction of sp³-hybridized carbons (Fsp3) is 0.796. The number of nitrogens with two attached hydrogens (primary N) is 1. The second kappa shape index (κ2) is 40.7. The van der Waals surface area contributed by atoms with Gasteiger partial charge in [0.15, 0.2) is 11.6 Å². The molecule has 1 aromatic heterocycles. The third kappa shape index (κ3) is 35.3. The van der Waals surface area contributed by atoms with Gasteiger partial charge in [-0.05, 0) is 78.2 Å². The number of ketones is 4. The summed E-state index contributed by atoms with van der Waals surface area (Å²) in [6.07, 6.45) is 27.0. The van der Waals surface area contributed by atoms with Gasteiger partial charge >= 0.3 is 5.97 Å². The van der Waals surface area contributed by atoms with Crippen LogP contribution in [-0.4, -0.2) is 121 Å². The van der Waals surface area contributed by atoms with Gasteiger partial charge in [-0.25, -0.2) is 4.98 Å². The molecule has 1 atom stereocenters. The Morgan fingerprint density at radius 1 is 0.686 bits per heavy atom. The first kappa shape index (κ1) is 64.2. The Labute approximate surface area is 421 Å². The summed E-state index contributed by atoms with van der Waals surface area (Å²) in [7, 11) is 0. The third-order valence-electron chi connectivity index (χ3n) is 12.9. The number of aryl methyl sites for hydroxylation is 1. The second-order valence-electron chi connectivity index (χ2n) is 20.2. The maximum absolute atomic E-state index is 13.3. The van der Waals surface area contributed by atoms with Gasteiger partial charge < -0.3 is 41.2 Å². The Kier molecular flexibility index (Phi) is 37.3. The van der Waals surface area contributed by atoms with E-state index in [0.717, 1.165) is 75.7 Å². The fourth-order valence-electron chi connectivity index (χ4n) is 7.86. The predicted molar refractivity (Wildman–Crippen MR) is 278 cm³/mol. The van der Waals surface area contributed by atoms with Crippen LogP contribution in [0.25, 0.3) is 0 Å². The summed E-state index contributed by atoms with van der Waals surface area (Å²) in [4.78, 5) is 81.9. The summed E-state index contributed by atoms with van der Waals surface area (Å²) in [6.45, 7) is 14.6. The summed E-state index contributed by atoms with van der Waals surface area (Å²) in [5.41, 5.74) is 5.65. The zero-order chi connectivity index (χ0) is 51.7. The van der Waals surface area contributed by atoms with E-state index in [0.29, 0.717) is 97.3 Å². The highest BCUT2D eigenvalue weighted by Gasteiger charge is 2.33. The van der Waals surface area contributed by atoms with Crippen molar-refractivity contribution in [1.29, 1.82) is 0 Å². The van der Waals surface area contributed by atoms with Gasteiger partial charge in [-0.3, -0.25) is 34.1 Å². The maximum Gasteiger partial charge on any atom is 0.303 e. The van der Waals surface area contributed by atoms with Gasteiger partial charge in [-0.1, -0.05) is 104 Å². The first-order chi connectivity index (χ1) is 33.6. The highest BCUT2D eigenvalue weighted by molar-refractivity contribution is 5.92. The molecule has 0 spiro atoms. The first-order valence-electron chi connectivity index (χ1n) is 26.9. The number of Topliss-reactive ketones (excluding diaryl/α,β-unsaturated/α-hetero) is 4. The Morgan fingerprint density at radius 3 is 1.89 bits per heavy atom. The van der Waals surface area contributed by atoms with E-state index in [4.69, 9.17) is 20.3 Å². The van der Waals surface area contributed by atoms with Crippen LogP contribution in [0.3, 0.4) is 0 Å². The molecular weight excluding hydrogens is 891 g/mol. The molecule has 0 aliphatic rings. The van der Waals surface area contributed by atoms with Crippen molar-refractivity contribution >= 4 is 35.0 Å². The number of aromatic nitrogens is 2. The van der Waals surface area contributed by atoms with Crippen LogP contribution in [0.4, 0.5) is 0 Å². The van der Waals surface area contributed by atoms with Crippen LogP contribution in [0.2, 0.25) is 0 Å². The molecule has 0 unspecified atom stereocenters. The highest BCUT2D eigenvalue weighted by Crippen LogP contribution is 2.25.